The summed E-state index contributed by atoms with van der Waals surface area (Å²) >= 11 is 0. The Morgan fingerprint density at radius 2 is 2.06 bits per heavy atom. The van der Waals surface area contributed by atoms with Crippen molar-refractivity contribution in [1.82, 2.24) is 4.90 Å². The highest BCUT2D eigenvalue weighted by Gasteiger charge is 2.35. The van der Waals surface area contributed by atoms with E-state index < -0.39 is 0 Å². The number of carbonyl (C=O) groups is 1. The third kappa shape index (κ3) is 3.59. The molecule has 6 heteroatoms. The maximum absolute atomic E-state index is 13.0. The molecule has 0 aliphatic carbocycles. The first-order valence-electron chi connectivity index (χ1n) is 10.3. The highest BCUT2D eigenvalue weighted by Crippen LogP contribution is 2.44. The summed E-state index contributed by atoms with van der Waals surface area (Å²) in [5, 5.41) is 0. The minimum atomic E-state index is -0.127. The quantitative estimate of drug-likeness (QED) is 0.565. The topological polar surface area (TPSA) is 61.1 Å². The maximum atomic E-state index is 13.0. The van der Waals surface area contributed by atoms with Gasteiger partial charge in [-0.2, -0.15) is 0 Å². The average molecular weight is 417 g/mol. The van der Waals surface area contributed by atoms with Crippen LogP contribution in [0, 0.1) is 6.92 Å². The number of fused-ring (bicyclic) bond motifs is 3. The summed E-state index contributed by atoms with van der Waals surface area (Å²) in [5.74, 6) is 2.98. The summed E-state index contributed by atoms with van der Waals surface area (Å²) in [5.41, 5.74) is 3.51. The Labute approximate surface area is 180 Å². The molecule has 0 N–H and O–H groups in total. The standard InChI is InChI=1S/C25H23NO5/c1-16-12-21-19(25-23(16)24(27)22(31-25)13-18-7-5-11-29-18)14-26(15-30-21)10-9-17-6-3-4-8-20(17)28-2/h3-8,11-13H,9-10,14-15H2,1-2H3/b22-13-. The molecule has 2 aliphatic heterocycles. The Bertz CT molecular complexity index is 1160. The monoisotopic (exact) mass is 417 g/mol. The number of carbonyl (C=O) groups excluding carboxylic acids is 1. The number of rotatable bonds is 5. The van der Waals surface area contributed by atoms with Gasteiger partial charge in [0.2, 0.25) is 5.78 Å². The van der Waals surface area contributed by atoms with Crippen molar-refractivity contribution in [3.8, 4) is 17.2 Å². The van der Waals surface area contributed by atoms with Gasteiger partial charge in [-0.15, -0.1) is 0 Å². The van der Waals surface area contributed by atoms with E-state index in [1.165, 1.54) is 0 Å². The first kappa shape index (κ1) is 19.5. The van der Waals surface area contributed by atoms with Gasteiger partial charge in [-0.05, 0) is 48.7 Å². The van der Waals surface area contributed by atoms with Crippen molar-refractivity contribution < 1.29 is 23.4 Å². The van der Waals surface area contributed by atoms with Crippen LogP contribution in [0.25, 0.3) is 6.08 Å². The normalized spacial score (nSPS) is 16.6. The van der Waals surface area contributed by atoms with Gasteiger partial charge in [0.25, 0.3) is 0 Å². The number of aryl methyl sites for hydroxylation is 1. The Hall–Kier alpha value is -3.51. The summed E-state index contributed by atoms with van der Waals surface area (Å²) in [4.78, 5) is 15.2. The molecule has 6 nitrogen and oxygen atoms in total. The summed E-state index contributed by atoms with van der Waals surface area (Å²) in [6, 6.07) is 13.5. The number of methoxy groups -OCH3 is 1. The lowest BCUT2D eigenvalue weighted by Gasteiger charge is -2.30. The summed E-state index contributed by atoms with van der Waals surface area (Å²) < 4.78 is 22.9. The molecule has 0 amide bonds. The molecule has 0 saturated heterocycles. The van der Waals surface area contributed by atoms with Crippen LogP contribution in [-0.2, 0) is 13.0 Å². The zero-order valence-electron chi connectivity index (χ0n) is 17.5. The number of Topliss-reactive ketones (excluding diaryl/α,β-unsaturated/α-hetero) is 1. The molecule has 0 spiro atoms. The van der Waals surface area contributed by atoms with Gasteiger partial charge >= 0.3 is 0 Å². The molecule has 31 heavy (non-hydrogen) atoms. The van der Waals surface area contributed by atoms with Crippen LogP contribution in [0.2, 0.25) is 0 Å². The highest BCUT2D eigenvalue weighted by molar-refractivity contribution is 6.15. The van der Waals surface area contributed by atoms with Crippen LogP contribution in [0.5, 0.6) is 17.2 Å². The van der Waals surface area contributed by atoms with Crippen molar-refractivity contribution in [1.29, 1.82) is 0 Å². The third-order valence-electron chi connectivity index (χ3n) is 5.69. The second-order valence-electron chi connectivity index (χ2n) is 7.72. The predicted molar refractivity (Wildman–Crippen MR) is 115 cm³/mol. The van der Waals surface area contributed by atoms with Gasteiger partial charge in [0.15, 0.2) is 5.76 Å². The van der Waals surface area contributed by atoms with E-state index in [9.17, 15) is 4.79 Å². The molecule has 3 aromatic rings. The van der Waals surface area contributed by atoms with E-state index in [4.69, 9.17) is 18.6 Å². The lowest BCUT2D eigenvalue weighted by molar-refractivity contribution is 0.0947. The molecule has 0 bridgehead atoms. The van der Waals surface area contributed by atoms with Gasteiger partial charge < -0.3 is 18.6 Å². The lowest BCUT2D eigenvalue weighted by atomic mass is 9.98. The molecule has 0 saturated carbocycles. The van der Waals surface area contributed by atoms with E-state index in [1.54, 1.807) is 31.6 Å². The second-order valence-corrected chi connectivity index (χ2v) is 7.72. The summed E-state index contributed by atoms with van der Waals surface area (Å²) in [6.45, 7) is 3.84. The fourth-order valence-electron chi connectivity index (χ4n) is 4.11. The SMILES string of the molecule is COc1ccccc1CCN1COc2cc(C)c3c(c2C1)O/C(=C\c1ccco1)C3=O. The van der Waals surface area contributed by atoms with Crippen molar-refractivity contribution >= 4 is 11.9 Å². The van der Waals surface area contributed by atoms with Gasteiger partial charge in [-0.25, -0.2) is 0 Å². The van der Waals surface area contributed by atoms with Crippen LogP contribution < -0.4 is 14.2 Å². The molecule has 0 atom stereocenters. The van der Waals surface area contributed by atoms with E-state index in [2.05, 4.69) is 11.0 Å². The summed E-state index contributed by atoms with van der Waals surface area (Å²) in [7, 11) is 1.69. The van der Waals surface area contributed by atoms with E-state index >= 15 is 0 Å². The van der Waals surface area contributed by atoms with E-state index in [-0.39, 0.29) is 11.5 Å². The minimum absolute atomic E-state index is 0.127. The number of benzene rings is 2. The van der Waals surface area contributed by atoms with Gasteiger partial charge in [-0.1, -0.05) is 18.2 Å². The van der Waals surface area contributed by atoms with Gasteiger partial charge in [0, 0.05) is 19.2 Å². The Kier molecular flexibility index (Phi) is 5.00. The van der Waals surface area contributed by atoms with Gasteiger partial charge in [0.1, 0.15) is 29.7 Å². The number of hydrogen-bond donors (Lipinski definition) is 0. The molecule has 1 aromatic heterocycles. The van der Waals surface area contributed by atoms with Crippen LogP contribution in [0.3, 0.4) is 0 Å². The Morgan fingerprint density at radius 3 is 2.87 bits per heavy atom. The number of furan rings is 1. The molecule has 0 fully saturated rings. The van der Waals surface area contributed by atoms with Crippen molar-refractivity contribution in [2.24, 2.45) is 0 Å². The predicted octanol–water partition coefficient (Wildman–Crippen LogP) is 4.61. The largest absolute Gasteiger partial charge is 0.496 e. The molecule has 0 unspecified atom stereocenters. The molecule has 2 aliphatic rings. The molecule has 2 aromatic carbocycles. The fourth-order valence-corrected chi connectivity index (χ4v) is 4.11. The third-order valence-corrected chi connectivity index (χ3v) is 5.69. The minimum Gasteiger partial charge on any atom is -0.496 e. The van der Waals surface area contributed by atoms with E-state index in [1.807, 2.05) is 31.2 Å². The van der Waals surface area contributed by atoms with Crippen LogP contribution in [-0.4, -0.2) is 31.1 Å². The first-order valence-corrected chi connectivity index (χ1v) is 10.3. The maximum Gasteiger partial charge on any atom is 0.232 e. The fraction of sp³-hybridized carbons (Fsp3) is 0.240. The average Bonchev–Trinajstić information content (AvgIpc) is 3.41. The van der Waals surface area contributed by atoms with Crippen LogP contribution in [0.4, 0.5) is 0 Å². The van der Waals surface area contributed by atoms with Crippen molar-refractivity contribution in [3.05, 3.63) is 82.5 Å². The number of allylic oxidation sites excluding steroid dienone is 1. The lowest BCUT2D eigenvalue weighted by Crippen LogP contribution is -2.34. The van der Waals surface area contributed by atoms with Crippen LogP contribution in [0.15, 0.2) is 58.9 Å². The van der Waals surface area contributed by atoms with Crippen molar-refractivity contribution in [3.63, 3.8) is 0 Å². The number of nitrogens with zero attached hydrogens (tertiary/aromatic N) is 1. The van der Waals surface area contributed by atoms with Gasteiger partial charge in [-0.3, -0.25) is 9.69 Å². The number of hydrogen-bond acceptors (Lipinski definition) is 6. The smallest absolute Gasteiger partial charge is 0.232 e. The molecule has 5 rings (SSSR count). The molecular formula is C25H23NO5. The number of para-hydroxylation sites is 1. The van der Waals surface area contributed by atoms with E-state index in [0.29, 0.717) is 30.3 Å². The highest BCUT2D eigenvalue weighted by atomic mass is 16.5. The molecule has 3 heterocycles. The zero-order chi connectivity index (χ0) is 21.4. The van der Waals surface area contributed by atoms with Crippen LogP contribution in [0.1, 0.15) is 32.8 Å². The second kappa shape index (κ2) is 7.96. The summed E-state index contributed by atoms with van der Waals surface area (Å²) in [6.07, 6.45) is 4.04. The van der Waals surface area contributed by atoms with Crippen LogP contribution >= 0.6 is 0 Å². The Balaban J connectivity index is 1.39. The van der Waals surface area contributed by atoms with E-state index in [0.717, 1.165) is 41.2 Å². The molecule has 0 radical (unpaired) electrons. The number of ether oxygens (including phenoxy) is 3. The Morgan fingerprint density at radius 1 is 1.19 bits per heavy atom. The zero-order valence-corrected chi connectivity index (χ0v) is 17.5. The first-order chi connectivity index (χ1) is 15.1. The van der Waals surface area contributed by atoms with Gasteiger partial charge in [0.05, 0.1) is 24.5 Å². The van der Waals surface area contributed by atoms with Crippen molar-refractivity contribution in [2.75, 3.05) is 20.4 Å². The molecular weight excluding hydrogens is 394 g/mol. The number of ketones is 1. The molecule has 158 valence electrons. The van der Waals surface area contributed by atoms with Crippen molar-refractivity contribution in [2.45, 2.75) is 19.9 Å².